The predicted octanol–water partition coefficient (Wildman–Crippen LogP) is 26.2. The van der Waals surface area contributed by atoms with Crippen LogP contribution in [0.1, 0.15) is 203 Å². The first-order valence-corrected chi connectivity index (χ1v) is 41.0. The van der Waals surface area contributed by atoms with Crippen LogP contribution in [0.3, 0.4) is 0 Å². The number of aromatic nitrogens is 4. The lowest BCUT2D eigenvalue weighted by molar-refractivity contribution is 0.755. The lowest BCUT2D eigenvalue weighted by Gasteiger charge is -2.11. The van der Waals surface area contributed by atoms with Gasteiger partial charge in [-0.2, -0.15) is 0 Å². The largest absolute Gasteiger partial charge is 0.311 e. The Morgan fingerprint density at radius 2 is 0.393 bits per heavy atom. The predicted molar refractivity (Wildman–Crippen MR) is 478 cm³/mol. The molecule has 0 N–H and O–H groups in total. The van der Waals surface area contributed by atoms with Crippen LogP contribution >= 0.6 is 0 Å². The molecule has 4 aromatic heterocycles. The van der Waals surface area contributed by atoms with Gasteiger partial charge in [-0.25, -0.2) is 0 Å². The highest BCUT2D eigenvalue weighted by Gasteiger charge is 2.15. The number of nitrogens with zero attached hydrogens (tertiary/aromatic N) is 4. The molecule has 0 unspecified atom stereocenters. The number of hydrogen-bond donors (Lipinski definition) is 0. The molecule has 0 amide bonds. The Kier molecular flexibility index (Phi) is 34.9. The van der Waals surface area contributed by atoms with Crippen LogP contribution in [0, 0.1) is 0 Å². The highest BCUT2D eigenvalue weighted by molar-refractivity contribution is 5.70. The molecule has 0 bridgehead atoms. The van der Waals surface area contributed by atoms with E-state index in [9.17, 15) is 19.2 Å². The molecule has 0 atom stereocenters. The Morgan fingerprint density at radius 3 is 0.562 bits per heavy atom. The number of unbranched alkanes of at least 4 members (excludes halogenated alkanes) is 4. The quantitative estimate of drug-likeness (QED) is 0.0420. The molecule has 0 aliphatic carbocycles. The Labute approximate surface area is 667 Å². The van der Waals surface area contributed by atoms with Crippen LogP contribution in [-0.4, -0.2) is 18.3 Å². The highest BCUT2D eigenvalue weighted by Crippen LogP contribution is 2.27. The van der Waals surface area contributed by atoms with Crippen molar-refractivity contribution in [2.75, 3.05) is 0 Å². The van der Waals surface area contributed by atoms with Gasteiger partial charge in [-0.15, -0.1) is 0 Å². The molecule has 0 aliphatic rings. The second-order valence-electron chi connectivity index (χ2n) is 28.7. The summed E-state index contributed by atoms with van der Waals surface area (Å²) in [6, 6.07) is 91.2. The Balaban J connectivity index is 0.000000171. The first-order chi connectivity index (χ1) is 54.9. The second-order valence-corrected chi connectivity index (χ2v) is 28.7. The number of benzene rings is 8. The molecule has 0 saturated heterocycles. The van der Waals surface area contributed by atoms with Crippen LogP contribution in [0.2, 0.25) is 0 Å². The third kappa shape index (κ3) is 25.3. The fourth-order valence-electron chi connectivity index (χ4n) is 13.9. The number of rotatable bonds is 32. The number of allylic oxidation sites excluding steroid dienone is 8. The molecule has 0 saturated carbocycles. The van der Waals surface area contributed by atoms with E-state index in [-0.39, 0.29) is 22.2 Å². The Bertz CT molecular complexity index is 4520. The van der Waals surface area contributed by atoms with Crippen molar-refractivity contribution in [3.63, 3.8) is 0 Å². The minimum Gasteiger partial charge on any atom is -0.311 e. The van der Waals surface area contributed by atoms with E-state index >= 15 is 0 Å². The van der Waals surface area contributed by atoms with E-state index in [4.69, 9.17) is 0 Å². The van der Waals surface area contributed by atoms with Gasteiger partial charge in [0.25, 0.3) is 22.2 Å². The smallest absolute Gasteiger partial charge is 0.258 e. The molecule has 0 aliphatic heterocycles. The lowest BCUT2D eigenvalue weighted by Crippen LogP contribution is -2.23. The molecule has 8 heteroatoms. The van der Waals surface area contributed by atoms with Crippen molar-refractivity contribution in [3.8, 4) is 44.5 Å². The Hall–Kier alpha value is -11.5. The molecule has 112 heavy (non-hydrogen) atoms. The summed E-state index contributed by atoms with van der Waals surface area (Å²) >= 11 is 0. The molecule has 4 heterocycles. The monoisotopic (exact) mass is 1480 g/mol. The average Bonchev–Trinajstić information content (AvgIpc) is 0.834. The molecule has 0 fully saturated rings. The van der Waals surface area contributed by atoms with Gasteiger partial charge >= 0.3 is 0 Å². The summed E-state index contributed by atoms with van der Waals surface area (Å²) in [6.07, 6.45) is 33.0. The van der Waals surface area contributed by atoms with E-state index in [1.165, 1.54) is 66.8 Å². The van der Waals surface area contributed by atoms with Crippen LogP contribution in [0.5, 0.6) is 0 Å². The van der Waals surface area contributed by atoms with Gasteiger partial charge in [0.1, 0.15) is 0 Å². The van der Waals surface area contributed by atoms with Gasteiger partial charge in [0, 0.05) is 47.0 Å². The van der Waals surface area contributed by atoms with Crippen molar-refractivity contribution in [3.05, 3.63) is 402 Å². The SMILES string of the molecule is CCC/C=C(\CCC)c1cccn(Cc2ccc(-c3ccccc3)cc2)c1=O.CCC/C=C(\CCC)c1cccn(Cc2ccc(-c3ccccc3)cc2)c1=O.CCC/C=C(\CCC)c1cccn(Cc2ccc(-c3ccccc3)cc2)c1=O.CCC/C=C(\CCC)c1cccn(Cc2ccc(-c3ccccc3)cc2)c1=O. The minimum absolute atomic E-state index is 0.102. The molecule has 12 rings (SSSR count). The van der Waals surface area contributed by atoms with Crippen molar-refractivity contribution >= 4 is 22.3 Å². The van der Waals surface area contributed by atoms with E-state index in [2.05, 4.69) is 225 Å². The van der Waals surface area contributed by atoms with Gasteiger partial charge in [0.15, 0.2) is 0 Å². The zero-order chi connectivity index (χ0) is 79.1. The average molecular weight is 1490 g/mol. The topological polar surface area (TPSA) is 88.0 Å². The zero-order valence-corrected chi connectivity index (χ0v) is 67.6. The van der Waals surface area contributed by atoms with Gasteiger partial charge in [0.05, 0.1) is 26.2 Å². The van der Waals surface area contributed by atoms with Crippen molar-refractivity contribution in [1.29, 1.82) is 0 Å². The van der Waals surface area contributed by atoms with Crippen LogP contribution < -0.4 is 22.2 Å². The fourth-order valence-corrected chi connectivity index (χ4v) is 13.9. The number of pyridine rings is 4. The van der Waals surface area contributed by atoms with Crippen LogP contribution in [0.25, 0.3) is 66.8 Å². The summed E-state index contributed by atoms with van der Waals surface area (Å²) in [5, 5.41) is 0. The van der Waals surface area contributed by atoms with Crippen LogP contribution in [-0.2, 0) is 26.2 Å². The molecular weight excluding hydrogens is 1370 g/mol. The van der Waals surface area contributed by atoms with E-state index in [1.54, 1.807) is 0 Å². The zero-order valence-electron chi connectivity index (χ0n) is 67.6. The standard InChI is InChI=1S/4C26H29NO/c4*1-3-5-11-24(10-4-2)25-14-9-19-27(26(25)28)20-21-15-17-23(18-16-21)22-12-7-6-8-13-22/h4*6-9,11-19H,3-5,10,20H2,1-2H3/b4*24-11+. The molecule has 8 nitrogen and oxygen atoms in total. The Morgan fingerprint density at radius 1 is 0.214 bits per heavy atom. The highest BCUT2D eigenvalue weighted by atomic mass is 16.1. The first kappa shape index (κ1) is 84.5. The molecule has 0 spiro atoms. The lowest BCUT2D eigenvalue weighted by atomic mass is 10.0. The first-order valence-electron chi connectivity index (χ1n) is 41.0. The molecule has 576 valence electrons. The van der Waals surface area contributed by atoms with E-state index in [0.717, 1.165) is 147 Å². The van der Waals surface area contributed by atoms with Crippen molar-refractivity contribution in [2.24, 2.45) is 0 Å². The summed E-state index contributed by atoms with van der Waals surface area (Å²) in [5.74, 6) is 0. The van der Waals surface area contributed by atoms with Crippen LogP contribution in [0.4, 0.5) is 0 Å². The van der Waals surface area contributed by atoms with Gasteiger partial charge in [0.2, 0.25) is 0 Å². The van der Waals surface area contributed by atoms with Gasteiger partial charge < -0.3 is 18.3 Å². The summed E-state index contributed by atoms with van der Waals surface area (Å²) in [5.41, 5.74) is 22.7. The maximum atomic E-state index is 13.1. The molecule has 12 aromatic rings. The minimum atomic E-state index is 0.102. The maximum absolute atomic E-state index is 13.1. The normalized spacial score (nSPS) is 11.6. The molecular formula is C104H116N4O4. The summed E-state index contributed by atoms with van der Waals surface area (Å²) in [4.78, 5) is 52.3. The van der Waals surface area contributed by atoms with E-state index in [0.29, 0.717) is 26.2 Å². The molecule has 8 aromatic carbocycles. The van der Waals surface area contributed by atoms with Crippen LogP contribution in [0.15, 0.2) is 335 Å². The number of hydrogen-bond acceptors (Lipinski definition) is 4. The second kappa shape index (κ2) is 46.2. The van der Waals surface area contributed by atoms with Gasteiger partial charge in [-0.1, -0.05) is 349 Å². The summed E-state index contributed by atoms with van der Waals surface area (Å²) < 4.78 is 7.29. The van der Waals surface area contributed by atoms with Gasteiger partial charge in [-0.3, -0.25) is 19.2 Å². The summed E-state index contributed by atoms with van der Waals surface area (Å²) in [6.45, 7) is 19.7. The van der Waals surface area contributed by atoms with Crippen molar-refractivity contribution in [2.45, 2.75) is 184 Å². The van der Waals surface area contributed by atoms with Gasteiger partial charge in [-0.05, 0) is 189 Å². The van der Waals surface area contributed by atoms with Crippen molar-refractivity contribution < 1.29 is 0 Å². The third-order valence-corrected chi connectivity index (χ3v) is 19.9. The maximum Gasteiger partial charge on any atom is 0.258 e. The van der Waals surface area contributed by atoms with Crippen molar-refractivity contribution in [1.82, 2.24) is 18.3 Å². The van der Waals surface area contributed by atoms with E-state index in [1.807, 2.05) is 164 Å². The third-order valence-electron chi connectivity index (χ3n) is 19.9. The molecule has 0 radical (unpaired) electrons. The fraction of sp³-hybridized carbons (Fsp3) is 0.269. The summed E-state index contributed by atoms with van der Waals surface area (Å²) in [7, 11) is 0. The van der Waals surface area contributed by atoms with E-state index < -0.39 is 0 Å².